The molecule has 2 rings (SSSR count). The maximum Gasteiger partial charge on any atom is 0.226 e. The normalized spacial score (nSPS) is 19.6. The third-order valence-corrected chi connectivity index (χ3v) is 4.02. The summed E-state index contributed by atoms with van der Waals surface area (Å²) in [6.07, 6.45) is 3.82. The van der Waals surface area contributed by atoms with Crippen LogP contribution in [0.5, 0.6) is 0 Å². The zero-order valence-electron chi connectivity index (χ0n) is 10.5. The molecular formula is C14H18BrNO2. The van der Waals surface area contributed by atoms with E-state index in [4.69, 9.17) is 4.74 Å². The molecule has 0 radical (unpaired) electrons. The smallest absolute Gasteiger partial charge is 0.226 e. The number of carbonyl (C=O) groups is 1. The molecule has 1 N–H and O–H groups in total. The Kier molecular flexibility index (Phi) is 4.78. The number of nitrogens with one attached hydrogen (secondary N) is 1. The molecule has 1 fully saturated rings. The number of benzene rings is 1. The van der Waals surface area contributed by atoms with Crippen molar-refractivity contribution in [1.29, 1.82) is 0 Å². The summed E-state index contributed by atoms with van der Waals surface area (Å²) in [4.78, 5) is 11.9. The molecule has 1 saturated heterocycles. The molecule has 98 valence electrons. The van der Waals surface area contributed by atoms with Crippen molar-refractivity contribution in [3.8, 4) is 0 Å². The van der Waals surface area contributed by atoms with Gasteiger partial charge in [0.15, 0.2) is 0 Å². The number of amides is 1. The van der Waals surface area contributed by atoms with E-state index in [1.54, 1.807) is 0 Å². The summed E-state index contributed by atoms with van der Waals surface area (Å²) < 4.78 is 6.61. The van der Waals surface area contributed by atoms with Crippen molar-refractivity contribution >= 4 is 27.5 Å². The molecule has 0 bridgehead atoms. The van der Waals surface area contributed by atoms with Crippen molar-refractivity contribution in [2.75, 3.05) is 11.9 Å². The van der Waals surface area contributed by atoms with Gasteiger partial charge in [0.25, 0.3) is 0 Å². The third kappa shape index (κ3) is 3.82. The van der Waals surface area contributed by atoms with Gasteiger partial charge in [-0.3, -0.25) is 4.79 Å². The number of carbonyl (C=O) groups excluding carboxylic acids is 1. The van der Waals surface area contributed by atoms with E-state index in [2.05, 4.69) is 21.2 Å². The fraction of sp³-hybridized carbons (Fsp3) is 0.500. The molecule has 0 aromatic heterocycles. The van der Waals surface area contributed by atoms with E-state index < -0.39 is 0 Å². The summed E-state index contributed by atoms with van der Waals surface area (Å²) in [6, 6.07) is 5.81. The maximum atomic E-state index is 11.9. The van der Waals surface area contributed by atoms with Crippen LogP contribution in [-0.4, -0.2) is 18.6 Å². The average molecular weight is 312 g/mol. The van der Waals surface area contributed by atoms with Gasteiger partial charge in [-0.2, -0.15) is 0 Å². The average Bonchev–Trinajstić information content (AvgIpc) is 2.35. The molecule has 1 amide bonds. The van der Waals surface area contributed by atoms with E-state index in [9.17, 15) is 4.79 Å². The molecule has 1 unspecified atom stereocenters. The van der Waals surface area contributed by atoms with Gasteiger partial charge in [0, 0.05) is 16.8 Å². The Morgan fingerprint density at radius 3 is 3.00 bits per heavy atom. The molecule has 1 atom stereocenters. The Morgan fingerprint density at radius 1 is 1.50 bits per heavy atom. The quantitative estimate of drug-likeness (QED) is 0.925. The van der Waals surface area contributed by atoms with Crippen LogP contribution in [0.25, 0.3) is 0 Å². The second kappa shape index (κ2) is 6.34. The molecule has 1 heterocycles. The van der Waals surface area contributed by atoms with Crippen LogP contribution >= 0.6 is 15.9 Å². The molecule has 0 aliphatic carbocycles. The van der Waals surface area contributed by atoms with Crippen molar-refractivity contribution in [2.24, 2.45) is 0 Å². The topological polar surface area (TPSA) is 38.3 Å². The second-order valence-electron chi connectivity index (χ2n) is 4.70. The monoisotopic (exact) mass is 311 g/mol. The molecule has 0 saturated carbocycles. The van der Waals surface area contributed by atoms with Crippen LogP contribution in [0.2, 0.25) is 0 Å². The van der Waals surface area contributed by atoms with Crippen LogP contribution in [0, 0.1) is 6.92 Å². The van der Waals surface area contributed by atoms with Crippen molar-refractivity contribution in [2.45, 2.75) is 38.7 Å². The van der Waals surface area contributed by atoms with E-state index in [0.717, 1.165) is 41.6 Å². The van der Waals surface area contributed by atoms with Gasteiger partial charge in [-0.1, -0.05) is 15.9 Å². The minimum Gasteiger partial charge on any atom is -0.378 e. The molecule has 3 nitrogen and oxygen atoms in total. The van der Waals surface area contributed by atoms with Gasteiger partial charge < -0.3 is 10.1 Å². The molecule has 1 aliphatic heterocycles. The molecular weight excluding hydrogens is 294 g/mol. The zero-order chi connectivity index (χ0) is 13.0. The summed E-state index contributed by atoms with van der Waals surface area (Å²) in [5.74, 6) is 0.0311. The third-order valence-electron chi connectivity index (χ3n) is 3.13. The van der Waals surface area contributed by atoms with Gasteiger partial charge in [0.1, 0.15) is 0 Å². The van der Waals surface area contributed by atoms with Gasteiger partial charge >= 0.3 is 0 Å². The Hall–Kier alpha value is -0.870. The lowest BCUT2D eigenvalue weighted by Gasteiger charge is -2.22. The van der Waals surface area contributed by atoms with E-state index in [1.165, 1.54) is 0 Å². The van der Waals surface area contributed by atoms with E-state index >= 15 is 0 Å². The summed E-state index contributed by atoms with van der Waals surface area (Å²) in [7, 11) is 0. The first kappa shape index (κ1) is 13.6. The number of halogens is 1. The number of anilines is 1. The van der Waals surface area contributed by atoms with Gasteiger partial charge in [0.05, 0.1) is 12.5 Å². The minimum absolute atomic E-state index is 0.0311. The summed E-state index contributed by atoms with van der Waals surface area (Å²) >= 11 is 3.44. The van der Waals surface area contributed by atoms with Crippen LogP contribution in [0.1, 0.15) is 31.2 Å². The summed E-state index contributed by atoms with van der Waals surface area (Å²) in [5.41, 5.74) is 1.96. The molecule has 1 aromatic rings. The van der Waals surface area contributed by atoms with Crippen molar-refractivity contribution in [1.82, 2.24) is 0 Å². The van der Waals surface area contributed by atoms with Crippen LogP contribution in [0.15, 0.2) is 22.7 Å². The van der Waals surface area contributed by atoms with Crippen molar-refractivity contribution < 1.29 is 9.53 Å². The van der Waals surface area contributed by atoms with E-state index in [0.29, 0.717) is 6.42 Å². The minimum atomic E-state index is 0.0311. The number of rotatable bonds is 3. The van der Waals surface area contributed by atoms with Crippen LogP contribution in [0.4, 0.5) is 5.69 Å². The highest BCUT2D eigenvalue weighted by Gasteiger charge is 2.17. The van der Waals surface area contributed by atoms with Gasteiger partial charge in [0.2, 0.25) is 5.91 Å². The largest absolute Gasteiger partial charge is 0.378 e. The van der Waals surface area contributed by atoms with Gasteiger partial charge in [-0.25, -0.2) is 0 Å². The fourth-order valence-electron chi connectivity index (χ4n) is 2.11. The molecule has 1 aromatic carbocycles. The van der Waals surface area contributed by atoms with E-state index in [-0.39, 0.29) is 12.0 Å². The number of hydrogen-bond donors (Lipinski definition) is 1. The van der Waals surface area contributed by atoms with Gasteiger partial charge in [-0.05, 0) is 49.9 Å². The van der Waals surface area contributed by atoms with Crippen molar-refractivity contribution in [3.63, 3.8) is 0 Å². The first-order valence-corrected chi connectivity index (χ1v) is 7.12. The van der Waals surface area contributed by atoms with Gasteiger partial charge in [-0.15, -0.1) is 0 Å². The SMILES string of the molecule is Cc1cc(NC(=O)CC2CCCCO2)ccc1Br. The predicted octanol–water partition coefficient (Wildman–Crippen LogP) is 3.66. The van der Waals surface area contributed by atoms with Crippen LogP contribution in [0.3, 0.4) is 0 Å². The maximum absolute atomic E-state index is 11.9. The predicted molar refractivity (Wildman–Crippen MR) is 75.7 cm³/mol. The summed E-state index contributed by atoms with van der Waals surface area (Å²) in [5, 5.41) is 2.92. The molecule has 4 heteroatoms. The Morgan fingerprint density at radius 2 is 2.33 bits per heavy atom. The number of aryl methyl sites for hydroxylation is 1. The standard InChI is InChI=1S/C14H18BrNO2/c1-10-8-11(5-6-13(10)15)16-14(17)9-12-4-2-3-7-18-12/h5-6,8,12H,2-4,7,9H2,1H3,(H,16,17). The number of ether oxygens (including phenoxy) is 1. The molecule has 1 aliphatic rings. The van der Waals surface area contributed by atoms with E-state index in [1.807, 2.05) is 25.1 Å². The van der Waals surface area contributed by atoms with Crippen LogP contribution < -0.4 is 5.32 Å². The van der Waals surface area contributed by atoms with Crippen molar-refractivity contribution in [3.05, 3.63) is 28.2 Å². The fourth-order valence-corrected chi connectivity index (χ4v) is 2.36. The number of hydrogen-bond acceptors (Lipinski definition) is 2. The highest BCUT2D eigenvalue weighted by molar-refractivity contribution is 9.10. The first-order valence-electron chi connectivity index (χ1n) is 6.33. The Balaban J connectivity index is 1.88. The molecule has 0 spiro atoms. The van der Waals surface area contributed by atoms with Crippen LogP contribution in [-0.2, 0) is 9.53 Å². The first-order chi connectivity index (χ1) is 8.65. The molecule has 18 heavy (non-hydrogen) atoms. The Labute approximate surface area is 116 Å². The Bertz CT molecular complexity index is 428. The second-order valence-corrected chi connectivity index (χ2v) is 5.56. The zero-order valence-corrected chi connectivity index (χ0v) is 12.1. The summed E-state index contributed by atoms with van der Waals surface area (Å²) in [6.45, 7) is 2.79. The lowest BCUT2D eigenvalue weighted by Crippen LogP contribution is -2.25. The highest BCUT2D eigenvalue weighted by Crippen LogP contribution is 2.21. The highest BCUT2D eigenvalue weighted by atomic mass is 79.9. The lowest BCUT2D eigenvalue weighted by molar-refractivity contribution is -0.119. The lowest BCUT2D eigenvalue weighted by atomic mass is 10.1.